The fraction of sp³-hybridized carbons (Fsp3) is 0.333. The van der Waals surface area contributed by atoms with Crippen LogP contribution in [0, 0.1) is 0 Å². The van der Waals surface area contributed by atoms with Crippen LogP contribution < -0.4 is 16.0 Å². The summed E-state index contributed by atoms with van der Waals surface area (Å²) in [5.41, 5.74) is 6.94. The SMILES string of the molecule is NCCCOc1cnn(Cc2ccc(CO)cc2)c(=O)c1. The van der Waals surface area contributed by atoms with Crippen molar-refractivity contribution in [2.75, 3.05) is 13.2 Å². The number of ether oxygens (including phenoxy) is 1. The summed E-state index contributed by atoms with van der Waals surface area (Å²) >= 11 is 0. The molecule has 0 atom stereocenters. The highest BCUT2D eigenvalue weighted by atomic mass is 16.5. The minimum atomic E-state index is -0.216. The number of rotatable bonds is 7. The van der Waals surface area contributed by atoms with Crippen molar-refractivity contribution >= 4 is 0 Å². The average molecular weight is 289 g/mol. The van der Waals surface area contributed by atoms with Crippen LogP contribution >= 0.6 is 0 Å². The second kappa shape index (κ2) is 7.56. The van der Waals surface area contributed by atoms with E-state index in [0.717, 1.165) is 17.5 Å². The Morgan fingerprint density at radius 2 is 1.95 bits per heavy atom. The summed E-state index contributed by atoms with van der Waals surface area (Å²) in [6.45, 7) is 1.42. The van der Waals surface area contributed by atoms with E-state index in [9.17, 15) is 4.79 Å². The third-order valence-electron chi connectivity index (χ3n) is 3.00. The number of aromatic nitrogens is 2. The van der Waals surface area contributed by atoms with Gasteiger partial charge in [-0.15, -0.1) is 0 Å². The molecule has 1 aromatic heterocycles. The lowest BCUT2D eigenvalue weighted by molar-refractivity contribution is 0.282. The Labute approximate surface area is 122 Å². The maximum absolute atomic E-state index is 12.0. The predicted molar refractivity (Wildman–Crippen MR) is 79.1 cm³/mol. The summed E-state index contributed by atoms with van der Waals surface area (Å²) in [4.78, 5) is 12.0. The van der Waals surface area contributed by atoms with E-state index in [1.165, 1.54) is 16.9 Å². The number of benzene rings is 1. The summed E-state index contributed by atoms with van der Waals surface area (Å²) in [7, 11) is 0. The summed E-state index contributed by atoms with van der Waals surface area (Å²) in [5, 5.41) is 13.1. The molecular weight excluding hydrogens is 270 g/mol. The van der Waals surface area contributed by atoms with Crippen LogP contribution in [0.5, 0.6) is 5.75 Å². The van der Waals surface area contributed by atoms with Crippen molar-refractivity contribution in [2.24, 2.45) is 5.73 Å². The Morgan fingerprint density at radius 1 is 1.24 bits per heavy atom. The van der Waals surface area contributed by atoms with Crippen molar-refractivity contribution in [3.63, 3.8) is 0 Å². The zero-order valence-electron chi connectivity index (χ0n) is 11.7. The zero-order valence-corrected chi connectivity index (χ0v) is 11.7. The number of nitrogens with two attached hydrogens (primary N) is 1. The van der Waals surface area contributed by atoms with Crippen molar-refractivity contribution < 1.29 is 9.84 Å². The lowest BCUT2D eigenvalue weighted by Gasteiger charge is -2.08. The van der Waals surface area contributed by atoms with E-state index in [2.05, 4.69) is 5.10 Å². The van der Waals surface area contributed by atoms with E-state index in [4.69, 9.17) is 15.6 Å². The number of hydrogen-bond donors (Lipinski definition) is 2. The molecule has 0 unspecified atom stereocenters. The molecule has 0 saturated heterocycles. The van der Waals surface area contributed by atoms with Crippen LogP contribution in [0.4, 0.5) is 0 Å². The van der Waals surface area contributed by atoms with Gasteiger partial charge in [0.15, 0.2) is 0 Å². The Hall–Kier alpha value is -2.18. The van der Waals surface area contributed by atoms with Gasteiger partial charge in [0.05, 0.1) is 26.0 Å². The van der Waals surface area contributed by atoms with Crippen LogP contribution in [0.3, 0.4) is 0 Å². The molecule has 6 heteroatoms. The fourth-order valence-electron chi connectivity index (χ4n) is 1.81. The quantitative estimate of drug-likeness (QED) is 0.725. The molecule has 0 aliphatic heterocycles. The molecule has 0 spiro atoms. The largest absolute Gasteiger partial charge is 0.492 e. The standard InChI is InChI=1S/C15H19N3O3/c16-6-1-7-21-14-8-15(20)18(17-9-14)10-12-2-4-13(11-19)5-3-12/h2-5,8-9,19H,1,6-7,10-11,16H2. The third kappa shape index (κ3) is 4.40. The van der Waals surface area contributed by atoms with Crippen molar-refractivity contribution in [3.8, 4) is 5.75 Å². The number of aliphatic hydroxyl groups excluding tert-OH is 1. The van der Waals surface area contributed by atoms with E-state index in [1.807, 2.05) is 24.3 Å². The van der Waals surface area contributed by atoms with Gasteiger partial charge in [-0.2, -0.15) is 5.10 Å². The van der Waals surface area contributed by atoms with Gasteiger partial charge in [-0.3, -0.25) is 4.79 Å². The first-order chi connectivity index (χ1) is 10.2. The molecular formula is C15H19N3O3. The highest BCUT2D eigenvalue weighted by Crippen LogP contribution is 2.07. The molecule has 2 rings (SSSR count). The molecule has 2 aromatic rings. The van der Waals surface area contributed by atoms with Crippen LogP contribution in [0.15, 0.2) is 41.3 Å². The Morgan fingerprint density at radius 3 is 2.57 bits per heavy atom. The molecule has 0 aliphatic rings. The van der Waals surface area contributed by atoms with E-state index in [0.29, 0.717) is 25.4 Å². The highest BCUT2D eigenvalue weighted by Gasteiger charge is 2.02. The molecule has 0 fully saturated rings. The molecule has 6 nitrogen and oxygen atoms in total. The lowest BCUT2D eigenvalue weighted by atomic mass is 10.1. The van der Waals surface area contributed by atoms with Gasteiger partial charge in [-0.1, -0.05) is 24.3 Å². The second-order valence-electron chi connectivity index (χ2n) is 4.65. The average Bonchev–Trinajstić information content (AvgIpc) is 2.51. The maximum Gasteiger partial charge on any atom is 0.270 e. The van der Waals surface area contributed by atoms with Crippen LogP contribution in [0.1, 0.15) is 17.5 Å². The monoisotopic (exact) mass is 289 g/mol. The molecule has 3 N–H and O–H groups in total. The minimum absolute atomic E-state index is 0.00726. The Balaban J connectivity index is 2.04. The molecule has 0 radical (unpaired) electrons. The summed E-state index contributed by atoms with van der Waals surface area (Å²) in [5.74, 6) is 0.459. The van der Waals surface area contributed by atoms with Crippen LogP contribution in [-0.2, 0) is 13.2 Å². The Bertz CT molecular complexity index is 623. The number of hydrogen-bond acceptors (Lipinski definition) is 5. The fourth-order valence-corrected chi connectivity index (χ4v) is 1.81. The predicted octanol–water partition coefficient (Wildman–Crippen LogP) is 0.511. The summed E-state index contributed by atoms with van der Waals surface area (Å²) in [6, 6.07) is 8.80. The van der Waals surface area contributed by atoms with Gasteiger partial charge in [-0.05, 0) is 24.1 Å². The minimum Gasteiger partial charge on any atom is -0.492 e. The molecule has 1 heterocycles. The molecule has 1 aromatic carbocycles. The van der Waals surface area contributed by atoms with Gasteiger partial charge < -0.3 is 15.6 Å². The van der Waals surface area contributed by atoms with Gasteiger partial charge in [0.2, 0.25) is 0 Å². The topological polar surface area (TPSA) is 90.4 Å². The molecule has 21 heavy (non-hydrogen) atoms. The normalized spacial score (nSPS) is 10.6. The molecule has 112 valence electrons. The molecule has 0 bridgehead atoms. The van der Waals surface area contributed by atoms with Gasteiger partial charge in [0.1, 0.15) is 5.75 Å². The molecule has 0 saturated carbocycles. The Kier molecular flexibility index (Phi) is 5.48. The van der Waals surface area contributed by atoms with Crippen molar-refractivity contribution in [2.45, 2.75) is 19.6 Å². The third-order valence-corrected chi connectivity index (χ3v) is 3.00. The van der Waals surface area contributed by atoms with E-state index in [-0.39, 0.29) is 12.2 Å². The van der Waals surface area contributed by atoms with Crippen molar-refractivity contribution in [1.29, 1.82) is 0 Å². The van der Waals surface area contributed by atoms with Gasteiger partial charge in [0, 0.05) is 6.07 Å². The number of nitrogens with zero attached hydrogens (tertiary/aromatic N) is 2. The lowest BCUT2D eigenvalue weighted by Crippen LogP contribution is -2.22. The zero-order chi connectivity index (χ0) is 15.1. The van der Waals surface area contributed by atoms with Crippen LogP contribution in [-0.4, -0.2) is 28.0 Å². The van der Waals surface area contributed by atoms with Crippen LogP contribution in [0.2, 0.25) is 0 Å². The molecule has 0 aliphatic carbocycles. The van der Waals surface area contributed by atoms with E-state index >= 15 is 0 Å². The van der Waals surface area contributed by atoms with Crippen molar-refractivity contribution in [1.82, 2.24) is 9.78 Å². The first kappa shape index (κ1) is 15.2. The number of aliphatic hydroxyl groups is 1. The smallest absolute Gasteiger partial charge is 0.270 e. The maximum atomic E-state index is 12.0. The second-order valence-corrected chi connectivity index (χ2v) is 4.65. The first-order valence-corrected chi connectivity index (χ1v) is 6.81. The van der Waals surface area contributed by atoms with Gasteiger partial charge in [-0.25, -0.2) is 4.68 Å². The van der Waals surface area contributed by atoms with E-state index in [1.54, 1.807) is 0 Å². The van der Waals surface area contributed by atoms with E-state index < -0.39 is 0 Å². The summed E-state index contributed by atoms with van der Waals surface area (Å²) < 4.78 is 6.74. The molecule has 0 amide bonds. The first-order valence-electron chi connectivity index (χ1n) is 6.81. The van der Waals surface area contributed by atoms with Crippen molar-refractivity contribution in [3.05, 3.63) is 58.0 Å². The van der Waals surface area contributed by atoms with Gasteiger partial charge in [0.25, 0.3) is 5.56 Å². The van der Waals surface area contributed by atoms with Crippen LogP contribution in [0.25, 0.3) is 0 Å². The summed E-state index contributed by atoms with van der Waals surface area (Å²) in [6.07, 6.45) is 2.26. The highest BCUT2D eigenvalue weighted by molar-refractivity contribution is 5.22. The van der Waals surface area contributed by atoms with Gasteiger partial charge >= 0.3 is 0 Å².